The van der Waals surface area contributed by atoms with E-state index in [2.05, 4.69) is 10.3 Å². The average molecular weight is 623 g/mol. The van der Waals surface area contributed by atoms with Gasteiger partial charge in [0.2, 0.25) is 5.91 Å². The molecule has 2 saturated heterocycles. The highest BCUT2D eigenvalue weighted by molar-refractivity contribution is 5.97. The molecule has 2 N–H and O–H groups in total. The molecule has 13 heteroatoms. The Bertz CT molecular complexity index is 1370. The number of carbonyl (C=O) groups is 4. The Balaban J connectivity index is 1.29. The van der Waals surface area contributed by atoms with Crippen molar-refractivity contribution >= 4 is 29.9 Å². The summed E-state index contributed by atoms with van der Waals surface area (Å²) in [5.74, 6) is 0.560. The number of piperazine rings is 1. The second-order valence-corrected chi connectivity index (χ2v) is 12.3. The number of nitrogens with zero attached hydrogens (tertiary/aromatic N) is 5. The molecule has 3 heterocycles. The number of carbonyl (C=O) groups excluding carboxylic acids is 3. The first-order valence-electron chi connectivity index (χ1n) is 15.7. The maximum Gasteiger partial charge on any atom is 0.506 e. The topological polar surface area (TPSA) is 154 Å². The van der Waals surface area contributed by atoms with E-state index in [1.807, 2.05) is 56.0 Å². The second kappa shape index (κ2) is 14.1. The molecule has 45 heavy (non-hydrogen) atoms. The first-order chi connectivity index (χ1) is 21.6. The minimum absolute atomic E-state index is 0.0835. The van der Waals surface area contributed by atoms with Gasteiger partial charge in [0.1, 0.15) is 23.7 Å². The zero-order chi connectivity index (χ0) is 32.1. The summed E-state index contributed by atoms with van der Waals surface area (Å²) in [6.07, 6.45) is 0.235. The molecule has 13 nitrogen and oxygen atoms in total. The lowest BCUT2D eigenvalue weighted by atomic mass is 10.0. The monoisotopic (exact) mass is 622 g/mol. The summed E-state index contributed by atoms with van der Waals surface area (Å²) in [5, 5.41) is 11.9. The maximum absolute atomic E-state index is 13.7. The highest BCUT2D eigenvalue weighted by atomic mass is 16.7. The zero-order valence-electron chi connectivity index (χ0n) is 26.1. The van der Waals surface area contributed by atoms with Gasteiger partial charge in [-0.2, -0.15) is 0 Å². The quantitative estimate of drug-likeness (QED) is 0.281. The van der Waals surface area contributed by atoms with Crippen LogP contribution in [-0.2, 0) is 14.3 Å². The maximum atomic E-state index is 13.7. The molecule has 2 aliphatic heterocycles. The van der Waals surface area contributed by atoms with Crippen LogP contribution in [0, 0.1) is 17.8 Å². The van der Waals surface area contributed by atoms with Crippen LogP contribution < -0.4 is 10.2 Å². The molecule has 3 fully saturated rings. The van der Waals surface area contributed by atoms with Crippen LogP contribution in [0.25, 0.3) is 11.4 Å². The summed E-state index contributed by atoms with van der Waals surface area (Å²) in [5.41, 5.74) is 0.879. The molecule has 242 valence electrons. The van der Waals surface area contributed by atoms with Crippen LogP contribution >= 0.6 is 0 Å². The lowest BCUT2D eigenvalue weighted by Gasteiger charge is -2.36. The highest BCUT2D eigenvalue weighted by Gasteiger charge is 2.59. The van der Waals surface area contributed by atoms with E-state index < -0.39 is 18.1 Å². The molecule has 2 aromatic rings. The average Bonchev–Trinajstić information content (AvgIpc) is 3.44. The van der Waals surface area contributed by atoms with E-state index in [1.54, 1.807) is 15.9 Å². The normalized spacial score (nSPS) is 21.2. The zero-order valence-corrected chi connectivity index (χ0v) is 26.1. The van der Waals surface area contributed by atoms with Crippen molar-refractivity contribution in [3.05, 3.63) is 42.1 Å². The van der Waals surface area contributed by atoms with Gasteiger partial charge >= 0.3 is 12.2 Å². The van der Waals surface area contributed by atoms with Gasteiger partial charge < -0.3 is 34.6 Å². The largest absolute Gasteiger partial charge is 0.506 e. The van der Waals surface area contributed by atoms with Crippen molar-refractivity contribution in [3.8, 4) is 11.4 Å². The van der Waals surface area contributed by atoms with Crippen molar-refractivity contribution < 1.29 is 33.8 Å². The molecule has 1 unspecified atom stereocenters. The van der Waals surface area contributed by atoms with Gasteiger partial charge in [-0.25, -0.2) is 19.6 Å². The minimum Gasteiger partial charge on any atom is -0.450 e. The van der Waals surface area contributed by atoms with Crippen LogP contribution in [0.3, 0.4) is 0 Å². The van der Waals surface area contributed by atoms with Gasteiger partial charge in [-0.15, -0.1) is 0 Å². The number of piperidine rings is 1. The predicted octanol–water partition coefficient (Wildman–Crippen LogP) is 3.50. The van der Waals surface area contributed by atoms with E-state index >= 15 is 0 Å². The molecule has 0 bridgehead atoms. The SMILES string of the molecule is CCCCOC(=O)N1CCN(C(=O)[C@H](CC(C)C)NC(=O)c2cc(N3C[C@@H]4C(OC(=O)O)[C@@H]4C3)nc(-c3ccccc3)n2)CC1. The third-order valence-corrected chi connectivity index (χ3v) is 8.54. The molecular weight excluding hydrogens is 580 g/mol. The van der Waals surface area contributed by atoms with Crippen molar-refractivity contribution in [3.63, 3.8) is 0 Å². The van der Waals surface area contributed by atoms with Gasteiger partial charge in [0, 0.05) is 62.7 Å². The number of amides is 3. The Hall–Kier alpha value is -4.42. The van der Waals surface area contributed by atoms with E-state index in [0.717, 1.165) is 18.4 Å². The number of nitrogens with one attached hydrogen (secondary N) is 1. The van der Waals surface area contributed by atoms with Crippen LogP contribution in [0.4, 0.5) is 15.4 Å². The molecule has 1 aromatic carbocycles. The third kappa shape index (κ3) is 7.81. The molecule has 0 radical (unpaired) electrons. The molecule has 0 spiro atoms. The Morgan fingerprint density at radius 1 is 1.00 bits per heavy atom. The number of benzene rings is 1. The van der Waals surface area contributed by atoms with Crippen molar-refractivity contribution in [1.29, 1.82) is 0 Å². The Morgan fingerprint density at radius 3 is 2.29 bits per heavy atom. The first kappa shape index (κ1) is 32.0. The number of aromatic nitrogens is 2. The van der Waals surface area contributed by atoms with Crippen molar-refractivity contribution in [1.82, 2.24) is 25.1 Å². The van der Waals surface area contributed by atoms with Crippen LogP contribution in [0.2, 0.25) is 0 Å². The first-order valence-corrected chi connectivity index (χ1v) is 15.7. The Morgan fingerprint density at radius 2 is 1.67 bits per heavy atom. The highest BCUT2D eigenvalue weighted by Crippen LogP contribution is 2.48. The Labute approximate surface area is 262 Å². The van der Waals surface area contributed by atoms with E-state index in [9.17, 15) is 19.2 Å². The van der Waals surface area contributed by atoms with Crippen LogP contribution in [0.15, 0.2) is 36.4 Å². The molecule has 1 saturated carbocycles. The molecule has 3 amide bonds. The fourth-order valence-electron chi connectivity index (χ4n) is 6.03. The number of carboxylic acid groups (broad SMARTS) is 1. The number of hydrogen-bond acceptors (Lipinski definition) is 9. The molecule has 3 aliphatic rings. The molecule has 1 aromatic heterocycles. The van der Waals surface area contributed by atoms with Gasteiger partial charge in [-0.3, -0.25) is 9.59 Å². The van der Waals surface area contributed by atoms with E-state index in [0.29, 0.717) is 63.9 Å². The number of fused-ring (bicyclic) bond motifs is 1. The number of anilines is 1. The Kier molecular flexibility index (Phi) is 10.0. The lowest BCUT2D eigenvalue weighted by Crippen LogP contribution is -2.56. The van der Waals surface area contributed by atoms with E-state index in [1.165, 1.54) is 0 Å². The van der Waals surface area contributed by atoms with Gasteiger partial charge in [0.05, 0.1) is 6.61 Å². The second-order valence-electron chi connectivity index (χ2n) is 12.3. The molecule has 1 aliphatic carbocycles. The van der Waals surface area contributed by atoms with Gasteiger partial charge in [0.15, 0.2) is 5.82 Å². The van der Waals surface area contributed by atoms with Gasteiger partial charge in [-0.05, 0) is 18.8 Å². The fourth-order valence-corrected chi connectivity index (χ4v) is 6.03. The molecular formula is C32H42N6O7. The lowest BCUT2D eigenvalue weighted by molar-refractivity contribution is -0.135. The van der Waals surface area contributed by atoms with Gasteiger partial charge in [0.25, 0.3) is 5.91 Å². The summed E-state index contributed by atoms with van der Waals surface area (Å²) in [6.45, 7) is 8.95. The standard InChI is InChI=1S/C32H42N6O7/c1-4-5-15-44-31(41)37-13-11-36(12-14-37)30(40)25(16-20(2)3)34-29(39)24-17-26(35-28(33-24)21-9-7-6-8-10-21)38-18-22-23(19-38)27(22)45-32(42)43/h6-10,17,20,22-23,25,27H,4-5,11-16,18-19H2,1-3H3,(H,34,39)(H,42,43)/t22-,23+,25-,27?/m0/s1. The van der Waals surface area contributed by atoms with Gasteiger partial charge in [-0.1, -0.05) is 57.5 Å². The summed E-state index contributed by atoms with van der Waals surface area (Å²) < 4.78 is 10.3. The van der Waals surface area contributed by atoms with Crippen molar-refractivity contribution in [2.24, 2.45) is 17.8 Å². The van der Waals surface area contributed by atoms with Crippen LogP contribution in [0.5, 0.6) is 0 Å². The summed E-state index contributed by atoms with van der Waals surface area (Å²) >= 11 is 0. The predicted molar refractivity (Wildman–Crippen MR) is 165 cm³/mol. The summed E-state index contributed by atoms with van der Waals surface area (Å²) in [7, 11) is 0. The summed E-state index contributed by atoms with van der Waals surface area (Å²) in [6, 6.07) is 10.2. The fraction of sp³-hybridized carbons (Fsp3) is 0.562. The van der Waals surface area contributed by atoms with Crippen LogP contribution in [0.1, 0.15) is 50.5 Å². The molecule has 4 atom stereocenters. The van der Waals surface area contributed by atoms with Crippen molar-refractivity contribution in [2.45, 2.75) is 52.2 Å². The number of unbranched alkanes of at least 4 members (excludes halogenated alkanes) is 1. The van der Waals surface area contributed by atoms with Crippen molar-refractivity contribution in [2.75, 3.05) is 50.8 Å². The molecule has 5 rings (SSSR count). The number of rotatable bonds is 11. The smallest absolute Gasteiger partial charge is 0.450 e. The number of hydrogen-bond donors (Lipinski definition) is 2. The van der Waals surface area contributed by atoms with Crippen LogP contribution in [-0.4, -0.2) is 107 Å². The van der Waals surface area contributed by atoms with E-state index in [4.69, 9.17) is 19.6 Å². The van der Waals surface area contributed by atoms with E-state index in [-0.39, 0.29) is 41.6 Å². The summed E-state index contributed by atoms with van der Waals surface area (Å²) in [4.78, 5) is 65.4. The third-order valence-electron chi connectivity index (χ3n) is 8.54. The minimum atomic E-state index is -1.27. The number of ether oxygens (including phenoxy) is 2.